The molecule has 0 spiro atoms. The molecule has 4 N–H and O–H groups in total. The normalized spacial score (nSPS) is 23.0. The van der Waals surface area contributed by atoms with Crippen molar-refractivity contribution in [3.05, 3.63) is 0 Å². The standard InChI is InChI=1S/C32H60O10/c1-3-5-7-9-11-12-13-14-15-17-19-21-28(35)41-25(23-39-27(34)20-18-16-10-8-6-4-2)24-40-32-31(38)30(37)29(36)26(22-33)42-32/h25-26,29-33,36-38H,3-24H2,1-2H3. The maximum Gasteiger partial charge on any atom is 0.306 e. The Morgan fingerprint density at radius 2 is 1.12 bits per heavy atom. The number of ether oxygens (including phenoxy) is 4. The largest absolute Gasteiger partial charge is 0.462 e. The van der Waals surface area contributed by atoms with E-state index in [1.807, 2.05) is 0 Å². The molecular formula is C32H60O10. The lowest BCUT2D eigenvalue weighted by Crippen LogP contribution is -2.59. The first-order chi connectivity index (χ1) is 20.3. The Kier molecular flexibility index (Phi) is 23.1. The Labute approximate surface area is 253 Å². The summed E-state index contributed by atoms with van der Waals surface area (Å²) in [5, 5.41) is 39.6. The van der Waals surface area contributed by atoms with Crippen molar-refractivity contribution in [2.75, 3.05) is 19.8 Å². The van der Waals surface area contributed by atoms with Crippen LogP contribution in [0.2, 0.25) is 0 Å². The van der Waals surface area contributed by atoms with Crippen molar-refractivity contribution in [2.45, 2.75) is 173 Å². The van der Waals surface area contributed by atoms with Gasteiger partial charge in [-0.3, -0.25) is 9.59 Å². The zero-order valence-electron chi connectivity index (χ0n) is 26.3. The van der Waals surface area contributed by atoms with E-state index >= 15 is 0 Å². The monoisotopic (exact) mass is 604 g/mol. The number of aliphatic hydroxyl groups is 4. The first-order valence-corrected chi connectivity index (χ1v) is 16.6. The molecule has 248 valence electrons. The molecule has 1 rings (SSSR count). The second kappa shape index (κ2) is 25.1. The molecule has 1 aliphatic heterocycles. The molecule has 0 aliphatic carbocycles. The van der Waals surface area contributed by atoms with E-state index in [2.05, 4.69) is 13.8 Å². The van der Waals surface area contributed by atoms with Gasteiger partial charge in [0, 0.05) is 12.8 Å². The van der Waals surface area contributed by atoms with Crippen LogP contribution < -0.4 is 0 Å². The molecular weight excluding hydrogens is 544 g/mol. The van der Waals surface area contributed by atoms with E-state index in [0.717, 1.165) is 51.4 Å². The summed E-state index contributed by atoms with van der Waals surface area (Å²) in [7, 11) is 0. The molecule has 42 heavy (non-hydrogen) atoms. The number of carbonyl (C=O) groups is 2. The van der Waals surface area contributed by atoms with Gasteiger partial charge in [-0.2, -0.15) is 0 Å². The summed E-state index contributed by atoms with van der Waals surface area (Å²) in [5.74, 6) is -0.815. The van der Waals surface area contributed by atoms with E-state index in [1.54, 1.807) is 0 Å². The van der Waals surface area contributed by atoms with Crippen LogP contribution in [0.1, 0.15) is 136 Å². The lowest BCUT2D eigenvalue weighted by molar-refractivity contribution is -0.305. The molecule has 6 atom stereocenters. The van der Waals surface area contributed by atoms with Gasteiger partial charge in [-0.15, -0.1) is 0 Å². The van der Waals surface area contributed by atoms with E-state index in [1.165, 1.54) is 51.4 Å². The van der Waals surface area contributed by atoms with E-state index in [4.69, 9.17) is 18.9 Å². The molecule has 10 nitrogen and oxygen atoms in total. The fourth-order valence-corrected chi connectivity index (χ4v) is 5.01. The van der Waals surface area contributed by atoms with Crippen LogP contribution in [0.25, 0.3) is 0 Å². The maximum absolute atomic E-state index is 12.6. The number of aliphatic hydroxyl groups excluding tert-OH is 4. The molecule has 0 radical (unpaired) electrons. The van der Waals surface area contributed by atoms with Gasteiger partial charge in [-0.05, 0) is 12.8 Å². The minimum atomic E-state index is -1.59. The van der Waals surface area contributed by atoms with E-state index in [0.29, 0.717) is 6.42 Å². The first kappa shape index (κ1) is 38.7. The number of unbranched alkanes of at least 4 members (excludes halogenated alkanes) is 15. The highest BCUT2D eigenvalue weighted by molar-refractivity contribution is 5.70. The average Bonchev–Trinajstić information content (AvgIpc) is 2.98. The highest BCUT2D eigenvalue weighted by Crippen LogP contribution is 2.22. The Bertz CT molecular complexity index is 674. The van der Waals surface area contributed by atoms with Crippen LogP contribution in [0, 0.1) is 0 Å². The summed E-state index contributed by atoms with van der Waals surface area (Å²) < 4.78 is 21.8. The minimum absolute atomic E-state index is 0.212. The highest BCUT2D eigenvalue weighted by atomic mass is 16.7. The van der Waals surface area contributed by atoms with Crippen LogP contribution in [0.4, 0.5) is 0 Å². The van der Waals surface area contributed by atoms with Crippen LogP contribution in [0.3, 0.4) is 0 Å². The van der Waals surface area contributed by atoms with Gasteiger partial charge in [-0.1, -0.05) is 110 Å². The lowest BCUT2D eigenvalue weighted by Gasteiger charge is -2.39. The number of esters is 2. The van der Waals surface area contributed by atoms with Crippen molar-refractivity contribution in [3.63, 3.8) is 0 Å². The number of carbonyl (C=O) groups excluding carboxylic acids is 2. The second-order valence-corrected chi connectivity index (χ2v) is 11.6. The average molecular weight is 605 g/mol. The number of rotatable bonds is 26. The van der Waals surface area contributed by atoms with Crippen molar-refractivity contribution in [1.82, 2.24) is 0 Å². The first-order valence-electron chi connectivity index (χ1n) is 16.6. The van der Waals surface area contributed by atoms with E-state index < -0.39 is 49.4 Å². The van der Waals surface area contributed by atoms with Crippen molar-refractivity contribution in [1.29, 1.82) is 0 Å². The molecule has 1 saturated heterocycles. The van der Waals surface area contributed by atoms with Gasteiger partial charge in [0.05, 0.1) is 13.2 Å². The van der Waals surface area contributed by atoms with Gasteiger partial charge in [-0.25, -0.2) is 0 Å². The number of hydrogen-bond donors (Lipinski definition) is 4. The summed E-state index contributed by atoms with van der Waals surface area (Å²) in [4.78, 5) is 24.8. The van der Waals surface area contributed by atoms with Crippen LogP contribution in [-0.2, 0) is 28.5 Å². The van der Waals surface area contributed by atoms with Crippen molar-refractivity contribution in [2.24, 2.45) is 0 Å². The molecule has 0 aromatic rings. The van der Waals surface area contributed by atoms with Gasteiger partial charge in [0.15, 0.2) is 12.4 Å². The van der Waals surface area contributed by atoms with Crippen LogP contribution in [0.5, 0.6) is 0 Å². The summed E-state index contributed by atoms with van der Waals surface area (Å²) in [6.45, 7) is 3.31. The Balaban J connectivity index is 2.45. The Morgan fingerprint density at radius 3 is 1.62 bits per heavy atom. The van der Waals surface area contributed by atoms with Crippen molar-refractivity contribution >= 4 is 11.9 Å². The van der Waals surface area contributed by atoms with Gasteiger partial charge in [0.25, 0.3) is 0 Å². The zero-order valence-corrected chi connectivity index (χ0v) is 26.3. The predicted molar refractivity (Wildman–Crippen MR) is 160 cm³/mol. The van der Waals surface area contributed by atoms with Gasteiger partial charge < -0.3 is 39.4 Å². The summed E-state index contributed by atoms with van der Waals surface area (Å²) in [6.07, 6.45) is 11.5. The Hall–Kier alpha value is -1.30. The minimum Gasteiger partial charge on any atom is -0.462 e. The topological polar surface area (TPSA) is 152 Å². The fourth-order valence-electron chi connectivity index (χ4n) is 5.01. The lowest BCUT2D eigenvalue weighted by atomic mass is 9.99. The quantitative estimate of drug-likeness (QED) is 0.0807. The fraction of sp³-hybridized carbons (Fsp3) is 0.938. The highest BCUT2D eigenvalue weighted by Gasteiger charge is 2.44. The SMILES string of the molecule is CCCCCCCCCCCCCC(=O)OC(COC(=O)CCCCCCCC)COC1OC(CO)C(O)C(O)C1O. The molecule has 1 fully saturated rings. The van der Waals surface area contributed by atoms with Gasteiger partial charge >= 0.3 is 11.9 Å². The Morgan fingerprint density at radius 1 is 0.643 bits per heavy atom. The summed E-state index contributed by atoms with van der Waals surface area (Å²) in [5.41, 5.74) is 0. The van der Waals surface area contributed by atoms with Crippen LogP contribution in [-0.4, -0.2) is 89.0 Å². The molecule has 0 saturated carbocycles. The summed E-state index contributed by atoms with van der Waals surface area (Å²) in [6, 6.07) is 0. The molecule has 0 bridgehead atoms. The van der Waals surface area contributed by atoms with E-state index in [9.17, 15) is 30.0 Å². The smallest absolute Gasteiger partial charge is 0.306 e. The zero-order chi connectivity index (χ0) is 31.0. The third-order valence-electron chi connectivity index (χ3n) is 7.74. The molecule has 10 heteroatoms. The molecule has 0 aromatic carbocycles. The molecule has 1 heterocycles. The van der Waals surface area contributed by atoms with E-state index in [-0.39, 0.29) is 32.0 Å². The molecule has 0 amide bonds. The van der Waals surface area contributed by atoms with Gasteiger partial charge in [0.2, 0.25) is 0 Å². The summed E-state index contributed by atoms with van der Waals surface area (Å²) >= 11 is 0. The molecule has 0 aromatic heterocycles. The van der Waals surface area contributed by atoms with Gasteiger partial charge in [0.1, 0.15) is 31.0 Å². The van der Waals surface area contributed by atoms with Crippen LogP contribution in [0.15, 0.2) is 0 Å². The third kappa shape index (κ3) is 17.7. The maximum atomic E-state index is 12.6. The molecule has 1 aliphatic rings. The predicted octanol–water partition coefficient (Wildman–Crippen LogP) is 4.71. The number of hydrogen-bond acceptors (Lipinski definition) is 10. The second-order valence-electron chi connectivity index (χ2n) is 11.6. The van der Waals surface area contributed by atoms with Crippen LogP contribution >= 0.6 is 0 Å². The van der Waals surface area contributed by atoms with Crippen molar-refractivity contribution < 1.29 is 49.0 Å². The third-order valence-corrected chi connectivity index (χ3v) is 7.74. The molecule has 6 unspecified atom stereocenters. The van der Waals surface area contributed by atoms with Crippen molar-refractivity contribution in [3.8, 4) is 0 Å².